The van der Waals surface area contributed by atoms with Crippen LogP contribution in [0.2, 0.25) is 0 Å². The number of nitrogens with two attached hydrogens (primary N) is 1. The van der Waals surface area contributed by atoms with Gasteiger partial charge in [-0.3, -0.25) is 4.79 Å². The second-order valence-electron chi connectivity index (χ2n) is 5.14. The maximum Gasteiger partial charge on any atom is 0.335 e. The van der Waals surface area contributed by atoms with Crippen molar-refractivity contribution in [3.8, 4) is 0 Å². The first kappa shape index (κ1) is 13.9. The van der Waals surface area contributed by atoms with Crippen molar-refractivity contribution in [3.63, 3.8) is 0 Å². The summed E-state index contributed by atoms with van der Waals surface area (Å²) < 4.78 is 0. The Balaban J connectivity index is 1.87. The van der Waals surface area contributed by atoms with E-state index in [-0.39, 0.29) is 5.56 Å². The summed E-state index contributed by atoms with van der Waals surface area (Å²) in [7, 11) is 0. The minimum atomic E-state index is -0.938. The second kappa shape index (κ2) is 5.37. The number of carboxylic acid groups (broad SMARTS) is 1. The maximum atomic E-state index is 11.0. The van der Waals surface area contributed by atoms with Crippen LogP contribution in [0.15, 0.2) is 48.5 Å². The minimum absolute atomic E-state index is 0.267. The Hall–Kier alpha value is -3.08. The molecule has 0 aliphatic carbocycles. The Morgan fingerprint density at radius 2 is 1.68 bits per heavy atom. The van der Waals surface area contributed by atoms with Gasteiger partial charge in [0.05, 0.1) is 5.56 Å². The smallest absolute Gasteiger partial charge is 0.335 e. The lowest BCUT2D eigenvalue weighted by atomic mass is 10.1. The number of carbonyl (C=O) groups is 2. The van der Waals surface area contributed by atoms with Gasteiger partial charge in [-0.1, -0.05) is 12.1 Å². The van der Waals surface area contributed by atoms with E-state index >= 15 is 0 Å². The van der Waals surface area contributed by atoms with Crippen LogP contribution < -0.4 is 5.73 Å². The zero-order valence-corrected chi connectivity index (χ0v) is 11.7. The van der Waals surface area contributed by atoms with Crippen molar-refractivity contribution in [3.05, 3.63) is 70.9 Å². The number of carboxylic acids is 1. The van der Waals surface area contributed by atoms with Crippen LogP contribution in [-0.4, -0.2) is 22.0 Å². The summed E-state index contributed by atoms with van der Waals surface area (Å²) in [6, 6.07) is 14.0. The number of aromatic carboxylic acids is 1. The fourth-order valence-electron chi connectivity index (χ4n) is 2.43. The van der Waals surface area contributed by atoms with E-state index < -0.39 is 11.9 Å². The molecule has 1 aromatic heterocycles. The van der Waals surface area contributed by atoms with Crippen molar-refractivity contribution in [1.82, 2.24) is 4.98 Å². The lowest BCUT2D eigenvalue weighted by Gasteiger charge is -2.00. The molecule has 0 bridgehead atoms. The fraction of sp³-hybridized carbons (Fsp3) is 0.0588. The van der Waals surface area contributed by atoms with Crippen molar-refractivity contribution in [2.75, 3.05) is 0 Å². The molecule has 22 heavy (non-hydrogen) atoms. The molecule has 3 aromatic rings. The third-order valence-electron chi connectivity index (χ3n) is 3.56. The summed E-state index contributed by atoms with van der Waals surface area (Å²) in [6.07, 6.45) is 0.663. The number of aromatic amines is 1. The SMILES string of the molecule is NC(=O)c1ccc(Cc2cc3cc(C(=O)O)ccc3[nH]2)cc1. The standard InChI is InChI=1S/C17H14N2O3/c18-16(20)11-3-1-10(2-4-11)7-14-9-13-8-12(17(21)22)5-6-15(13)19-14/h1-6,8-9,19H,7H2,(H2,18,20)(H,21,22). The van der Waals surface area contributed by atoms with Crippen LogP contribution in [-0.2, 0) is 6.42 Å². The van der Waals surface area contributed by atoms with Gasteiger partial charge in [-0.15, -0.1) is 0 Å². The van der Waals surface area contributed by atoms with Crippen molar-refractivity contribution in [1.29, 1.82) is 0 Å². The number of hydrogen-bond acceptors (Lipinski definition) is 2. The molecule has 5 nitrogen and oxygen atoms in total. The molecular formula is C17H14N2O3. The molecule has 0 saturated carbocycles. The first-order valence-corrected chi connectivity index (χ1v) is 6.76. The third kappa shape index (κ3) is 2.69. The summed E-state index contributed by atoms with van der Waals surface area (Å²) >= 11 is 0. The molecule has 0 atom stereocenters. The monoisotopic (exact) mass is 294 g/mol. The first-order valence-electron chi connectivity index (χ1n) is 6.76. The Bertz CT molecular complexity index is 863. The van der Waals surface area contributed by atoms with Crippen molar-refractivity contribution in [2.45, 2.75) is 6.42 Å². The van der Waals surface area contributed by atoms with Crippen LogP contribution in [0.1, 0.15) is 32.0 Å². The molecule has 1 heterocycles. The number of carbonyl (C=O) groups excluding carboxylic acids is 1. The summed E-state index contributed by atoms with van der Waals surface area (Å²) in [5.41, 5.74) is 8.87. The van der Waals surface area contributed by atoms with Crippen LogP contribution in [0.4, 0.5) is 0 Å². The molecule has 3 rings (SSSR count). The molecule has 4 N–H and O–H groups in total. The van der Waals surface area contributed by atoms with E-state index in [1.54, 1.807) is 30.3 Å². The number of hydrogen-bond donors (Lipinski definition) is 3. The van der Waals surface area contributed by atoms with Gasteiger partial charge in [0.15, 0.2) is 0 Å². The lowest BCUT2D eigenvalue weighted by molar-refractivity contribution is 0.0697. The van der Waals surface area contributed by atoms with E-state index in [9.17, 15) is 9.59 Å². The molecule has 1 amide bonds. The topological polar surface area (TPSA) is 96.2 Å². The minimum Gasteiger partial charge on any atom is -0.478 e. The second-order valence-corrected chi connectivity index (χ2v) is 5.14. The van der Waals surface area contributed by atoms with Crippen LogP contribution in [0.25, 0.3) is 10.9 Å². The number of benzene rings is 2. The molecule has 0 unspecified atom stereocenters. The van der Waals surface area contributed by atoms with E-state index in [1.165, 1.54) is 0 Å². The quantitative estimate of drug-likeness (QED) is 0.690. The Morgan fingerprint density at radius 3 is 2.32 bits per heavy atom. The summed E-state index contributed by atoms with van der Waals surface area (Å²) in [6.45, 7) is 0. The largest absolute Gasteiger partial charge is 0.478 e. The average molecular weight is 294 g/mol. The summed E-state index contributed by atoms with van der Waals surface area (Å²) in [4.78, 5) is 25.3. The van der Waals surface area contributed by atoms with Gasteiger partial charge in [-0.05, 0) is 42.0 Å². The Labute approximate surface area is 126 Å². The van der Waals surface area contributed by atoms with E-state index in [0.717, 1.165) is 22.2 Å². The van der Waals surface area contributed by atoms with Gasteiger partial charge in [0.1, 0.15) is 0 Å². The first-order chi connectivity index (χ1) is 10.5. The van der Waals surface area contributed by atoms with Crippen LogP contribution in [0.5, 0.6) is 0 Å². The van der Waals surface area contributed by atoms with Gasteiger partial charge in [0, 0.05) is 28.6 Å². The summed E-state index contributed by atoms with van der Waals surface area (Å²) in [5.74, 6) is -1.38. The molecule has 0 radical (unpaired) electrons. The van der Waals surface area contributed by atoms with E-state index in [4.69, 9.17) is 10.8 Å². The molecule has 0 aliphatic rings. The summed E-state index contributed by atoms with van der Waals surface area (Å²) in [5, 5.41) is 9.87. The van der Waals surface area contributed by atoms with Crippen LogP contribution in [0, 0.1) is 0 Å². The average Bonchev–Trinajstić information content (AvgIpc) is 2.88. The van der Waals surface area contributed by atoms with Crippen molar-refractivity contribution >= 4 is 22.8 Å². The van der Waals surface area contributed by atoms with Gasteiger partial charge < -0.3 is 15.8 Å². The number of nitrogens with one attached hydrogen (secondary N) is 1. The molecule has 0 spiro atoms. The van der Waals surface area contributed by atoms with Crippen molar-refractivity contribution < 1.29 is 14.7 Å². The highest BCUT2D eigenvalue weighted by molar-refractivity contribution is 5.94. The fourth-order valence-corrected chi connectivity index (χ4v) is 2.43. The van der Waals surface area contributed by atoms with Gasteiger partial charge in [-0.25, -0.2) is 4.79 Å². The normalized spacial score (nSPS) is 10.7. The number of primary amides is 1. The zero-order valence-electron chi connectivity index (χ0n) is 11.7. The molecule has 0 fully saturated rings. The number of H-pyrrole nitrogens is 1. The molecular weight excluding hydrogens is 280 g/mol. The molecule has 0 aliphatic heterocycles. The molecule has 5 heteroatoms. The van der Waals surface area contributed by atoms with E-state index in [0.29, 0.717) is 12.0 Å². The van der Waals surface area contributed by atoms with Crippen molar-refractivity contribution in [2.24, 2.45) is 5.73 Å². The number of aromatic nitrogens is 1. The van der Waals surface area contributed by atoms with Gasteiger partial charge in [-0.2, -0.15) is 0 Å². The molecule has 110 valence electrons. The van der Waals surface area contributed by atoms with E-state index in [2.05, 4.69) is 4.98 Å². The third-order valence-corrected chi connectivity index (χ3v) is 3.56. The number of rotatable bonds is 4. The highest BCUT2D eigenvalue weighted by Gasteiger charge is 2.07. The van der Waals surface area contributed by atoms with E-state index in [1.807, 2.05) is 18.2 Å². The van der Waals surface area contributed by atoms with Gasteiger partial charge in [0.25, 0.3) is 0 Å². The molecule has 0 saturated heterocycles. The van der Waals surface area contributed by atoms with Crippen LogP contribution in [0.3, 0.4) is 0 Å². The number of amides is 1. The number of fused-ring (bicyclic) bond motifs is 1. The zero-order chi connectivity index (χ0) is 15.7. The van der Waals surface area contributed by atoms with Crippen LogP contribution >= 0.6 is 0 Å². The highest BCUT2D eigenvalue weighted by Crippen LogP contribution is 2.19. The predicted octanol–water partition coefficient (Wildman–Crippen LogP) is 2.56. The van der Waals surface area contributed by atoms with Gasteiger partial charge in [0.2, 0.25) is 5.91 Å². The van der Waals surface area contributed by atoms with Gasteiger partial charge >= 0.3 is 5.97 Å². The predicted molar refractivity (Wildman–Crippen MR) is 83.0 cm³/mol. The molecule has 2 aromatic carbocycles. The lowest BCUT2D eigenvalue weighted by Crippen LogP contribution is -2.10. The Kier molecular flexibility index (Phi) is 3.39. The highest BCUT2D eigenvalue weighted by atomic mass is 16.4. The maximum absolute atomic E-state index is 11.0. The Morgan fingerprint density at radius 1 is 1.00 bits per heavy atom.